The van der Waals surface area contributed by atoms with Crippen LogP contribution in [0.25, 0.3) is 0 Å². The van der Waals surface area contributed by atoms with Crippen molar-refractivity contribution in [3.63, 3.8) is 0 Å². The normalized spacial score (nSPS) is 19.1. The van der Waals surface area contributed by atoms with Crippen molar-refractivity contribution >= 4 is 11.8 Å². The van der Waals surface area contributed by atoms with E-state index in [-0.39, 0.29) is 5.54 Å². The van der Waals surface area contributed by atoms with Crippen molar-refractivity contribution in [1.29, 1.82) is 0 Å². The Labute approximate surface area is 90.3 Å². The Morgan fingerprint density at radius 1 is 1.33 bits per heavy atom. The fourth-order valence-electron chi connectivity index (χ4n) is 2.25. The number of hydrogen-bond acceptors (Lipinski definition) is 4. The Morgan fingerprint density at radius 3 is 2.60 bits per heavy atom. The van der Waals surface area contributed by atoms with E-state index in [1.165, 1.54) is 25.7 Å². The van der Waals surface area contributed by atoms with Gasteiger partial charge in [0, 0.05) is 17.3 Å². The lowest BCUT2D eigenvalue weighted by molar-refractivity contribution is 0.531. The quantitative estimate of drug-likeness (QED) is 0.778. The maximum Gasteiger partial charge on any atom is 0.222 e. The number of nitrogens with zero attached hydrogens (tertiary/aromatic N) is 2. The van der Waals surface area contributed by atoms with Crippen molar-refractivity contribution in [1.82, 2.24) is 9.97 Å². The second-order valence-electron chi connectivity index (χ2n) is 4.65. The summed E-state index contributed by atoms with van der Waals surface area (Å²) in [6.45, 7) is 4.17. The van der Waals surface area contributed by atoms with Crippen LogP contribution in [0.4, 0.5) is 11.8 Å². The molecule has 0 aromatic carbocycles. The summed E-state index contributed by atoms with van der Waals surface area (Å²) in [6.07, 6.45) is 5.00. The molecule has 82 valence electrons. The van der Waals surface area contributed by atoms with E-state index in [9.17, 15) is 0 Å². The molecule has 1 fully saturated rings. The minimum atomic E-state index is 0.188. The molecule has 2 rings (SSSR count). The van der Waals surface area contributed by atoms with Gasteiger partial charge >= 0.3 is 0 Å². The molecular formula is C11H18N4. The first kappa shape index (κ1) is 10.2. The number of hydrogen-bond donors (Lipinski definition) is 2. The van der Waals surface area contributed by atoms with E-state index in [0.717, 1.165) is 11.5 Å². The predicted molar refractivity (Wildman–Crippen MR) is 61.7 cm³/mol. The van der Waals surface area contributed by atoms with Gasteiger partial charge in [-0.05, 0) is 26.7 Å². The van der Waals surface area contributed by atoms with Crippen LogP contribution in [0, 0.1) is 6.92 Å². The van der Waals surface area contributed by atoms with E-state index in [2.05, 4.69) is 22.2 Å². The van der Waals surface area contributed by atoms with E-state index in [4.69, 9.17) is 5.73 Å². The minimum Gasteiger partial charge on any atom is -0.368 e. The van der Waals surface area contributed by atoms with Gasteiger partial charge in [-0.2, -0.15) is 4.98 Å². The highest BCUT2D eigenvalue weighted by atomic mass is 15.1. The molecule has 3 N–H and O–H groups in total. The molecule has 0 unspecified atom stereocenters. The van der Waals surface area contributed by atoms with Gasteiger partial charge < -0.3 is 11.1 Å². The van der Waals surface area contributed by atoms with Crippen LogP contribution in [-0.2, 0) is 0 Å². The Bertz CT molecular complexity index is 335. The highest BCUT2D eigenvalue weighted by Crippen LogP contribution is 2.32. The average molecular weight is 206 g/mol. The SMILES string of the molecule is Cc1cc(NC2(C)CCCC2)nc(N)n1. The zero-order chi connectivity index (χ0) is 10.9. The van der Waals surface area contributed by atoms with Crippen molar-refractivity contribution in [2.75, 3.05) is 11.1 Å². The lowest BCUT2D eigenvalue weighted by atomic mass is 10.0. The van der Waals surface area contributed by atoms with Crippen LogP contribution in [0.5, 0.6) is 0 Å². The van der Waals surface area contributed by atoms with Crippen molar-refractivity contribution in [2.24, 2.45) is 0 Å². The summed E-state index contributed by atoms with van der Waals surface area (Å²) in [6, 6.07) is 1.94. The van der Waals surface area contributed by atoms with Crippen molar-refractivity contribution in [2.45, 2.75) is 45.1 Å². The van der Waals surface area contributed by atoms with Gasteiger partial charge in [-0.1, -0.05) is 12.8 Å². The van der Waals surface area contributed by atoms with Gasteiger partial charge in [0.05, 0.1) is 0 Å². The van der Waals surface area contributed by atoms with Gasteiger partial charge in [-0.3, -0.25) is 0 Å². The van der Waals surface area contributed by atoms with Crippen LogP contribution < -0.4 is 11.1 Å². The van der Waals surface area contributed by atoms with Gasteiger partial charge in [-0.15, -0.1) is 0 Å². The summed E-state index contributed by atoms with van der Waals surface area (Å²) < 4.78 is 0. The van der Waals surface area contributed by atoms with E-state index in [0.29, 0.717) is 5.95 Å². The standard InChI is InChI=1S/C11H18N4/c1-8-7-9(14-10(12)13-8)15-11(2)5-3-4-6-11/h7H,3-6H2,1-2H3,(H3,12,13,14,15). The highest BCUT2D eigenvalue weighted by Gasteiger charge is 2.28. The Hall–Kier alpha value is -1.32. The number of aromatic nitrogens is 2. The second kappa shape index (κ2) is 3.68. The Kier molecular flexibility index (Phi) is 2.50. The molecular weight excluding hydrogens is 188 g/mol. The summed E-state index contributed by atoms with van der Waals surface area (Å²) in [4.78, 5) is 8.26. The summed E-state index contributed by atoms with van der Waals surface area (Å²) in [5.41, 5.74) is 6.71. The van der Waals surface area contributed by atoms with E-state index in [1.54, 1.807) is 0 Å². The number of nitrogens with one attached hydrogen (secondary N) is 1. The first-order chi connectivity index (χ1) is 7.07. The zero-order valence-corrected chi connectivity index (χ0v) is 9.38. The van der Waals surface area contributed by atoms with Gasteiger partial charge in [0.2, 0.25) is 5.95 Å². The number of nitrogen functional groups attached to an aromatic ring is 1. The van der Waals surface area contributed by atoms with Crippen LogP contribution >= 0.6 is 0 Å². The molecule has 4 nitrogen and oxygen atoms in total. The number of nitrogens with two attached hydrogens (primary N) is 1. The molecule has 0 bridgehead atoms. The molecule has 0 saturated heterocycles. The highest BCUT2D eigenvalue weighted by molar-refractivity contribution is 5.42. The lowest BCUT2D eigenvalue weighted by Crippen LogP contribution is -2.31. The monoisotopic (exact) mass is 206 g/mol. The molecule has 1 aliphatic carbocycles. The largest absolute Gasteiger partial charge is 0.368 e. The minimum absolute atomic E-state index is 0.188. The average Bonchev–Trinajstić information content (AvgIpc) is 2.49. The second-order valence-corrected chi connectivity index (χ2v) is 4.65. The lowest BCUT2D eigenvalue weighted by Gasteiger charge is -2.26. The topological polar surface area (TPSA) is 63.8 Å². The maximum absolute atomic E-state index is 5.61. The summed E-state index contributed by atoms with van der Waals surface area (Å²) in [7, 11) is 0. The molecule has 0 amide bonds. The molecule has 0 spiro atoms. The Balaban J connectivity index is 2.16. The summed E-state index contributed by atoms with van der Waals surface area (Å²) in [5.74, 6) is 1.20. The first-order valence-electron chi connectivity index (χ1n) is 5.47. The van der Waals surface area contributed by atoms with Crippen LogP contribution in [0.3, 0.4) is 0 Å². The maximum atomic E-state index is 5.61. The van der Waals surface area contributed by atoms with Crippen LogP contribution in [0.1, 0.15) is 38.3 Å². The van der Waals surface area contributed by atoms with Gasteiger partial charge in [-0.25, -0.2) is 4.98 Å². The Morgan fingerprint density at radius 2 is 2.00 bits per heavy atom. The van der Waals surface area contributed by atoms with E-state index >= 15 is 0 Å². The summed E-state index contributed by atoms with van der Waals surface area (Å²) in [5, 5.41) is 3.47. The van der Waals surface area contributed by atoms with Gasteiger partial charge in [0.25, 0.3) is 0 Å². The van der Waals surface area contributed by atoms with Crippen LogP contribution in [0.2, 0.25) is 0 Å². The third kappa shape index (κ3) is 2.37. The van der Waals surface area contributed by atoms with Gasteiger partial charge in [0.1, 0.15) is 5.82 Å². The third-order valence-electron chi connectivity index (χ3n) is 3.01. The van der Waals surface area contributed by atoms with Gasteiger partial charge in [0.15, 0.2) is 0 Å². The molecule has 1 aliphatic rings. The molecule has 1 saturated carbocycles. The molecule has 1 aromatic heterocycles. The first-order valence-corrected chi connectivity index (χ1v) is 5.47. The number of rotatable bonds is 2. The number of anilines is 2. The molecule has 1 aromatic rings. The molecule has 4 heteroatoms. The summed E-state index contributed by atoms with van der Waals surface area (Å²) >= 11 is 0. The fraction of sp³-hybridized carbons (Fsp3) is 0.636. The van der Waals surface area contributed by atoms with Crippen LogP contribution in [0.15, 0.2) is 6.07 Å². The number of aryl methyl sites for hydroxylation is 1. The zero-order valence-electron chi connectivity index (χ0n) is 9.38. The van der Waals surface area contributed by atoms with Crippen molar-refractivity contribution < 1.29 is 0 Å². The molecule has 15 heavy (non-hydrogen) atoms. The molecule has 0 atom stereocenters. The third-order valence-corrected chi connectivity index (χ3v) is 3.01. The van der Waals surface area contributed by atoms with Crippen molar-refractivity contribution in [3.8, 4) is 0 Å². The van der Waals surface area contributed by atoms with Crippen LogP contribution in [-0.4, -0.2) is 15.5 Å². The van der Waals surface area contributed by atoms with E-state index in [1.807, 2.05) is 13.0 Å². The molecule has 0 aliphatic heterocycles. The predicted octanol–water partition coefficient (Wildman–Crippen LogP) is 2.11. The van der Waals surface area contributed by atoms with E-state index < -0.39 is 0 Å². The molecule has 0 radical (unpaired) electrons. The smallest absolute Gasteiger partial charge is 0.222 e. The molecule has 1 heterocycles. The fourth-order valence-corrected chi connectivity index (χ4v) is 2.25. The van der Waals surface area contributed by atoms with Crippen molar-refractivity contribution in [3.05, 3.63) is 11.8 Å².